The number of ether oxygens (including phenoxy) is 1. The molecule has 0 aliphatic rings. The molecule has 0 aliphatic heterocycles. The standard InChI is InChI=1S/C17H16FNO2/c1-12(19-15-5-3-4-14(18)11-15)10-17(20)13-6-8-16(21-2)9-7-13/h3-11,19H,1-2H3. The van der Waals surface area contributed by atoms with Gasteiger partial charge in [0.05, 0.1) is 7.11 Å². The molecule has 0 amide bonds. The van der Waals surface area contributed by atoms with Gasteiger partial charge < -0.3 is 10.1 Å². The number of hydrogen-bond acceptors (Lipinski definition) is 3. The first-order chi connectivity index (χ1) is 10.1. The highest BCUT2D eigenvalue weighted by molar-refractivity contribution is 6.05. The second-order valence-electron chi connectivity index (χ2n) is 4.56. The fourth-order valence-corrected chi connectivity index (χ4v) is 1.87. The number of carbonyl (C=O) groups is 1. The zero-order valence-corrected chi connectivity index (χ0v) is 11.9. The zero-order valence-electron chi connectivity index (χ0n) is 11.9. The Hall–Kier alpha value is -2.62. The Bertz CT molecular complexity index is 663. The Morgan fingerprint density at radius 3 is 2.52 bits per heavy atom. The highest BCUT2D eigenvalue weighted by Gasteiger charge is 2.04. The van der Waals surface area contributed by atoms with E-state index in [0.717, 1.165) is 0 Å². The molecule has 0 saturated carbocycles. The molecule has 0 fully saturated rings. The summed E-state index contributed by atoms with van der Waals surface area (Å²) >= 11 is 0. The number of nitrogens with one attached hydrogen (secondary N) is 1. The van der Waals surface area contributed by atoms with E-state index in [-0.39, 0.29) is 11.6 Å². The highest BCUT2D eigenvalue weighted by Crippen LogP contribution is 2.14. The summed E-state index contributed by atoms with van der Waals surface area (Å²) < 4.78 is 18.1. The molecule has 0 atom stereocenters. The van der Waals surface area contributed by atoms with Crippen molar-refractivity contribution in [3.05, 3.63) is 71.7 Å². The van der Waals surface area contributed by atoms with Crippen molar-refractivity contribution in [2.45, 2.75) is 6.92 Å². The molecule has 0 aromatic heterocycles. The number of halogens is 1. The first kappa shape index (κ1) is 14.8. The minimum Gasteiger partial charge on any atom is -0.497 e. The van der Waals surface area contributed by atoms with Crippen LogP contribution in [-0.4, -0.2) is 12.9 Å². The molecule has 0 heterocycles. The van der Waals surface area contributed by atoms with Gasteiger partial charge in [-0.25, -0.2) is 4.39 Å². The Morgan fingerprint density at radius 1 is 1.19 bits per heavy atom. The SMILES string of the molecule is COc1ccc(C(=O)C=C(C)Nc2cccc(F)c2)cc1. The molecule has 2 rings (SSSR count). The minimum atomic E-state index is -0.325. The number of methoxy groups -OCH3 is 1. The monoisotopic (exact) mass is 285 g/mol. The average Bonchev–Trinajstić information content (AvgIpc) is 2.47. The maximum atomic E-state index is 13.1. The summed E-state index contributed by atoms with van der Waals surface area (Å²) in [5, 5.41) is 2.98. The third-order valence-corrected chi connectivity index (χ3v) is 2.89. The van der Waals surface area contributed by atoms with E-state index in [1.165, 1.54) is 18.2 Å². The lowest BCUT2D eigenvalue weighted by Gasteiger charge is -2.06. The second-order valence-corrected chi connectivity index (χ2v) is 4.56. The summed E-state index contributed by atoms with van der Waals surface area (Å²) in [7, 11) is 1.57. The molecule has 0 spiro atoms. The van der Waals surface area contributed by atoms with Crippen LogP contribution in [0.5, 0.6) is 5.75 Å². The molecule has 21 heavy (non-hydrogen) atoms. The van der Waals surface area contributed by atoms with Gasteiger partial charge in [-0.05, 0) is 49.4 Å². The average molecular weight is 285 g/mol. The molecule has 0 radical (unpaired) electrons. The number of hydrogen-bond donors (Lipinski definition) is 1. The van der Waals surface area contributed by atoms with Crippen molar-refractivity contribution in [2.24, 2.45) is 0 Å². The number of anilines is 1. The zero-order chi connectivity index (χ0) is 15.2. The number of benzene rings is 2. The highest BCUT2D eigenvalue weighted by atomic mass is 19.1. The van der Waals surface area contributed by atoms with Gasteiger partial charge in [0, 0.05) is 23.0 Å². The molecule has 3 nitrogen and oxygen atoms in total. The summed E-state index contributed by atoms with van der Waals surface area (Å²) in [4.78, 5) is 12.1. The lowest BCUT2D eigenvalue weighted by Crippen LogP contribution is -2.01. The first-order valence-corrected chi connectivity index (χ1v) is 6.48. The second kappa shape index (κ2) is 6.70. The van der Waals surface area contributed by atoms with E-state index in [9.17, 15) is 9.18 Å². The van der Waals surface area contributed by atoms with Crippen molar-refractivity contribution in [3.8, 4) is 5.75 Å². The Labute approximate surface area is 123 Å². The summed E-state index contributed by atoms with van der Waals surface area (Å²) in [6, 6.07) is 12.9. The van der Waals surface area contributed by atoms with Gasteiger partial charge in [-0.2, -0.15) is 0 Å². The van der Waals surface area contributed by atoms with Crippen molar-refractivity contribution < 1.29 is 13.9 Å². The van der Waals surface area contributed by atoms with Gasteiger partial charge in [-0.3, -0.25) is 4.79 Å². The van der Waals surface area contributed by atoms with Crippen molar-refractivity contribution in [1.29, 1.82) is 0 Å². The van der Waals surface area contributed by atoms with E-state index in [1.54, 1.807) is 50.4 Å². The predicted octanol–water partition coefficient (Wildman–Crippen LogP) is 4.03. The smallest absolute Gasteiger partial charge is 0.187 e. The van der Waals surface area contributed by atoms with Crippen LogP contribution in [0, 0.1) is 5.82 Å². The Kier molecular flexibility index (Phi) is 4.72. The molecule has 0 unspecified atom stereocenters. The predicted molar refractivity (Wildman–Crippen MR) is 81.1 cm³/mol. The molecule has 0 aliphatic carbocycles. The molecule has 4 heteroatoms. The van der Waals surface area contributed by atoms with Gasteiger partial charge in [0.15, 0.2) is 5.78 Å². The van der Waals surface area contributed by atoms with E-state index in [1.807, 2.05) is 0 Å². The summed E-state index contributed by atoms with van der Waals surface area (Å²) in [6.07, 6.45) is 1.48. The van der Waals surface area contributed by atoms with Gasteiger partial charge in [-0.1, -0.05) is 6.07 Å². The quantitative estimate of drug-likeness (QED) is 0.665. The number of ketones is 1. The van der Waals surface area contributed by atoms with Gasteiger partial charge in [0.2, 0.25) is 0 Å². The number of rotatable bonds is 5. The Balaban J connectivity index is 2.08. The van der Waals surface area contributed by atoms with E-state index >= 15 is 0 Å². The van der Waals surface area contributed by atoms with Gasteiger partial charge >= 0.3 is 0 Å². The molecule has 1 N–H and O–H groups in total. The number of allylic oxidation sites excluding steroid dienone is 2. The van der Waals surface area contributed by atoms with Crippen LogP contribution in [0.2, 0.25) is 0 Å². The molecular weight excluding hydrogens is 269 g/mol. The van der Waals surface area contributed by atoms with Gasteiger partial charge in [0.1, 0.15) is 11.6 Å². The van der Waals surface area contributed by atoms with Crippen LogP contribution >= 0.6 is 0 Å². The third kappa shape index (κ3) is 4.18. The normalized spacial score (nSPS) is 11.1. The van der Waals surface area contributed by atoms with Crippen LogP contribution in [0.3, 0.4) is 0 Å². The third-order valence-electron chi connectivity index (χ3n) is 2.89. The van der Waals surface area contributed by atoms with Crippen LogP contribution in [0.1, 0.15) is 17.3 Å². The van der Waals surface area contributed by atoms with Crippen LogP contribution in [0.4, 0.5) is 10.1 Å². The van der Waals surface area contributed by atoms with E-state index < -0.39 is 0 Å². The molecule has 2 aromatic carbocycles. The topological polar surface area (TPSA) is 38.3 Å². The maximum Gasteiger partial charge on any atom is 0.187 e. The van der Waals surface area contributed by atoms with Crippen LogP contribution in [0.15, 0.2) is 60.3 Å². The maximum absolute atomic E-state index is 13.1. The van der Waals surface area contributed by atoms with Gasteiger partial charge in [-0.15, -0.1) is 0 Å². The van der Waals surface area contributed by atoms with Crippen molar-refractivity contribution in [1.82, 2.24) is 0 Å². The summed E-state index contributed by atoms with van der Waals surface area (Å²) in [5.41, 5.74) is 1.81. The van der Waals surface area contributed by atoms with Crippen LogP contribution in [0.25, 0.3) is 0 Å². The van der Waals surface area contributed by atoms with Crippen LogP contribution in [-0.2, 0) is 0 Å². The summed E-state index contributed by atoms with van der Waals surface area (Å²) in [5.74, 6) is 0.249. The lowest BCUT2D eigenvalue weighted by molar-refractivity contribution is 0.104. The fraction of sp³-hybridized carbons (Fsp3) is 0.118. The Morgan fingerprint density at radius 2 is 1.90 bits per heavy atom. The van der Waals surface area contributed by atoms with Crippen molar-refractivity contribution in [2.75, 3.05) is 12.4 Å². The minimum absolute atomic E-state index is 0.126. The molecule has 0 saturated heterocycles. The number of carbonyl (C=O) groups excluding carboxylic acids is 1. The van der Waals surface area contributed by atoms with Crippen molar-refractivity contribution in [3.63, 3.8) is 0 Å². The van der Waals surface area contributed by atoms with E-state index in [2.05, 4.69) is 5.32 Å². The first-order valence-electron chi connectivity index (χ1n) is 6.48. The van der Waals surface area contributed by atoms with E-state index in [0.29, 0.717) is 22.7 Å². The molecular formula is C17H16FNO2. The summed E-state index contributed by atoms with van der Waals surface area (Å²) in [6.45, 7) is 1.76. The largest absolute Gasteiger partial charge is 0.497 e. The van der Waals surface area contributed by atoms with E-state index in [4.69, 9.17) is 4.74 Å². The molecule has 108 valence electrons. The molecule has 2 aromatic rings. The fourth-order valence-electron chi connectivity index (χ4n) is 1.87. The van der Waals surface area contributed by atoms with Crippen molar-refractivity contribution >= 4 is 11.5 Å². The molecule has 0 bridgehead atoms. The lowest BCUT2D eigenvalue weighted by atomic mass is 10.1. The van der Waals surface area contributed by atoms with Crippen LogP contribution < -0.4 is 10.1 Å². The van der Waals surface area contributed by atoms with Gasteiger partial charge in [0.25, 0.3) is 0 Å².